The highest BCUT2D eigenvalue weighted by Crippen LogP contribution is 2.29. The number of nitro groups is 1. The van der Waals surface area contributed by atoms with Gasteiger partial charge in [0.15, 0.2) is 4.90 Å². The molecule has 1 aromatic rings. The molecule has 20 heavy (non-hydrogen) atoms. The van der Waals surface area contributed by atoms with Crippen molar-refractivity contribution < 1.29 is 13.3 Å². The summed E-state index contributed by atoms with van der Waals surface area (Å²) in [5.41, 5.74) is 4.69. The molecule has 0 aliphatic carbocycles. The monoisotopic (exact) mass is 301 g/mol. The lowest BCUT2D eigenvalue weighted by atomic mass is 9.93. The third-order valence-electron chi connectivity index (χ3n) is 2.67. The molecular formula is C12H19N3O4S. The Morgan fingerprint density at radius 1 is 1.35 bits per heavy atom. The summed E-state index contributed by atoms with van der Waals surface area (Å²) in [5.74, 6) is 0. The molecule has 1 rings (SSSR count). The third-order valence-corrected chi connectivity index (χ3v) is 4.16. The minimum atomic E-state index is -3.95. The molecule has 112 valence electrons. The first-order chi connectivity index (χ1) is 9.04. The number of nitrogen functional groups attached to an aromatic ring is 1. The molecule has 0 aromatic heterocycles. The van der Waals surface area contributed by atoms with E-state index in [9.17, 15) is 18.5 Å². The number of hydrogen-bond acceptors (Lipinski definition) is 5. The first-order valence-electron chi connectivity index (χ1n) is 6.07. The Balaban J connectivity index is 3.05. The minimum absolute atomic E-state index is 0.0375. The largest absolute Gasteiger partial charge is 0.393 e. The second-order valence-electron chi connectivity index (χ2n) is 5.66. The molecule has 0 unspecified atom stereocenters. The fourth-order valence-corrected chi connectivity index (χ4v) is 2.82. The lowest BCUT2D eigenvalue weighted by Crippen LogP contribution is -2.28. The third kappa shape index (κ3) is 4.17. The lowest BCUT2D eigenvalue weighted by Gasteiger charge is -2.18. The van der Waals surface area contributed by atoms with Gasteiger partial charge in [-0.25, -0.2) is 13.1 Å². The van der Waals surface area contributed by atoms with Crippen LogP contribution in [-0.4, -0.2) is 19.9 Å². The molecule has 3 N–H and O–H groups in total. The Hall–Kier alpha value is -1.67. The van der Waals surface area contributed by atoms with Gasteiger partial charge >= 0.3 is 5.69 Å². The molecule has 1 aromatic carbocycles. The summed E-state index contributed by atoms with van der Waals surface area (Å²) in [7, 11) is -3.95. The van der Waals surface area contributed by atoms with E-state index in [0.717, 1.165) is 0 Å². The van der Waals surface area contributed by atoms with Gasteiger partial charge < -0.3 is 5.73 Å². The maximum atomic E-state index is 12.1. The normalized spacial score (nSPS) is 12.3. The highest BCUT2D eigenvalue weighted by atomic mass is 32.2. The van der Waals surface area contributed by atoms with Crippen molar-refractivity contribution in [1.82, 2.24) is 4.72 Å². The van der Waals surface area contributed by atoms with Crippen LogP contribution in [0.5, 0.6) is 0 Å². The Morgan fingerprint density at radius 3 is 2.45 bits per heavy atom. The number of nitro benzene ring substituents is 1. The first kappa shape index (κ1) is 16.4. The van der Waals surface area contributed by atoms with E-state index < -0.39 is 25.5 Å². The number of para-hydroxylation sites is 1. The summed E-state index contributed by atoms with van der Waals surface area (Å²) < 4.78 is 26.6. The Morgan fingerprint density at radius 2 is 1.95 bits per heavy atom. The van der Waals surface area contributed by atoms with Crippen molar-refractivity contribution in [1.29, 1.82) is 0 Å². The van der Waals surface area contributed by atoms with Crippen molar-refractivity contribution in [3.05, 3.63) is 28.3 Å². The molecule has 0 aliphatic heterocycles. The zero-order chi connectivity index (χ0) is 15.6. The molecule has 8 heteroatoms. The van der Waals surface area contributed by atoms with Crippen LogP contribution in [0.2, 0.25) is 0 Å². The van der Waals surface area contributed by atoms with Gasteiger partial charge in [-0.15, -0.1) is 0 Å². The SMILES string of the molecule is CC(C)(C)CCNS(=O)(=O)c1cccc(N)c1[N+](=O)[O-]. The van der Waals surface area contributed by atoms with Crippen molar-refractivity contribution in [2.24, 2.45) is 5.41 Å². The summed E-state index contributed by atoms with van der Waals surface area (Å²) in [6.45, 7) is 6.14. The van der Waals surface area contributed by atoms with E-state index in [0.29, 0.717) is 6.42 Å². The van der Waals surface area contributed by atoms with Gasteiger partial charge in [-0.05, 0) is 24.0 Å². The molecule has 0 spiro atoms. The van der Waals surface area contributed by atoms with Gasteiger partial charge in [-0.2, -0.15) is 0 Å². The van der Waals surface area contributed by atoms with Crippen LogP contribution < -0.4 is 10.5 Å². The fraction of sp³-hybridized carbons (Fsp3) is 0.500. The smallest absolute Gasteiger partial charge is 0.312 e. The van der Waals surface area contributed by atoms with Gasteiger partial charge in [0, 0.05) is 6.54 Å². The number of hydrogen-bond donors (Lipinski definition) is 2. The van der Waals surface area contributed by atoms with Crippen LogP contribution in [0.1, 0.15) is 27.2 Å². The second kappa shape index (κ2) is 5.76. The van der Waals surface area contributed by atoms with Crippen LogP contribution >= 0.6 is 0 Å². The summed E-state index contributed by atoms with van der Waals surface area (Å²) in [4.78, 5) is 9.77. The van der Waals surface area contributed by atoms with Crippen LogP contribution in [-0.2, 0) is 10.0 Å². The van der Waals surface area contributed by atoms with Gasteiger partial charge in [0.2, 0.25) is 10.0 Å². The van der Waals surface area contributed by atoms with E-state index in [-0.39, 0.29) is 17.6 Å². The quantitative estimate of drug-likeness (QED) is 0.489. The van der Waals surface area contributed by atoms with Crippen molar-refractivity contribution in [3.8, 4) is 0 Å². The molecule has 0 atom stereocenters. The van der Waals surface area contributed by atoms with Gasteiger partial charge in [0.25, 0.3) is 0 Å². The average molecular weight is 301 g/mol. The number of anilines is 1. The molecule has 7 nitrogen and oxygen atoms in total. The molecule has 0 aliphatic rings. The van der Waals surface area contributed by atoms with Crippen LogP contribution in [0, 0.1) is 15.5 Å². The highest BCUT2D eigenvalue weighted by molar-refractivity contribution is 7.89. The maximum Gasteiger partial charge on any atom is 0.312 e. The molecule has 0 bridgehead atoms. The van der Waals surface area contributed by atoms with E-state index in [1.54, 1.807) is 0 Å². The summed E-state index contributed by atoms with van der Waals surface area (Å²) in [6.07, 6.45) is 0.613. The van der Waals surface area contributed by atoms with Crippen LogP contribution in [0.3, 0.4) is 0 Å². The molecule has 0 radical (unpaired) electrons. The summed E-state index contributed by atoms with van der Waals surface area (Å²) in [6, 6.07) is 3.85. The van der Waals surface area contributed by atoms with Gasteiger partial charge in [-0.3, -0.25) is 10.1 Å². The van der Waals surface area contributed by atoms with Gasteiger partial charge in [-0.1, -0.05) is 26.8 Å². The van der Waals surface area contributed by atoms with Crippen molar-refractivity contribution in [3.63, 3.8) is 0 Å². The van der Waals surface area contributed by atoms with E-state index >= 15 is 0 Å². The summed E-state index contributed by atoms with van der Waals surface area (Å²) >= 11 is 0. The van der Waals surface area contributed by atoms with E-state index in [1.165, 1.54) is 18.2 Å². The number of sulfonamides is 1. The standard InChI is InChI=1S/C12H19N3O4S/c1-12(2,3)7-8-14-20(18,19)10-6-4-5-9(13)11(10)15(16)17/h4-6,14H,7-8,13H2,1-3H3. The lowest BCUT2D eigenvalue weighted by molar-refractivity contribution is -0.386. The molecule has 0 saturated heterocycles. The number of nitrogens with one attached hydrogen (secondary N) is 1. The van der Waals surface area contributed by atoms with Crippen molar-refractivity contribution in [2.45, 2.75) is 32.1 Å². The number of benzene rings is 1. The Bertz CT molecular complexity index is 606. The number of nitrogens with two attached hydrogens (primary N) is 1. The van der Waals surface area contributed by atoms with Gasteiger partial charge in [0.1, 0.15) is 5.69 Å². The zero-order valence-corrected chi connectivity index (χ0v) is 12.5. The van der Waals surface area contributed by atoms with E-state index in [2.05, 4.69) is 4.72 Å². The second-order valence-corrected chi connectivity index (χ2v) is 7.39. The molecular weight excluding hydrogens is 282 g/mol. The van der Waals surface area contributed by atoms with E-state index in [4.69, 9.17) is 5.73 Å². The van der Waals surface area contributed by atoms with Crippen LogP contribution in [0.15, 0.2) is 23.1 Å². The Labute approximate surface area is 118 Å². The molecule has 0 amide bonds. The minimum Gasteiger partial charge on any atom is -0.393 e. The maximum absolute atomic E-state index is 12.1. The molecule has 0 heterocycles. The topological polar surface area (TPSA) is 115 Å². The van der Waals surface area contributed by atoms with Crippen LogP contribution in [0.4, 0.5) is 11.4 Å². The molecule has 0 fully saturated rings. The Kier molecular flexibility index (Phi) is 4.72. The first-order valence-corrected chi connectivity index (χ1v) is 7.55. The van der Waals surface area contributed by atoms with Crippen LogP contribution in [0.25, 0.3) is 0 Å². The molecule has 0 saturated carbocycles. The predicted octanol–water partition coefficient (Wildman–Crippen LogP) is 1.89. The zero-order valence-electron chi connectivity index (χ0n) is 11.7. The summed E-state index contributed by atoms with van der Waals surface area (Å²) in [5, 5.41) is 11.0. The van der Waals surface area contributed by atoms with Crippen molar-refractivity contribution in [2.75, 3.05) is 12.3 Å². The van der Waals surface area contributed by atoms with E-state index in [1.807, 2.05) is 20.8 Å². The average Bonchev–Trinajstić information content (AvgIpc) is 2.25. The fourth-order valence-electron chi connectivity index (χ4n) is 1.59. The highest BCUT2D eigenvalue weighted by Gasteiger charge is 2.28. The van der Waals surface area contributed by atoms with Crippen molar-refractivity contribution >= 4 is 21.4 Å². The number of nitrogens with zero attached hydrogens (tertiary/aromatic N) is 1. The number of rotatable bonds is 5. The predicted molar refractivity (Wildman–Crippen MR) is 76.8 cm³/mol. The van der Waals surface area contributed by atoms with Gasteiger partial charge in [0.05, 0.1) is 4.92 Å².